The van der Waals surface area contributed by atoms with Crippen molar-refractivity contribution in [3.05, 3.63) is 29.8 Å². The minimum atomic E-state index is 0.293. The number of anilines is 1. The normalized spacial score (nSPS) is 14.9. The first-order valence-electron chi connectivity index (χ1n) is 7.17. The van der Waals surface area contributed by atoms with Gasteiger partial charge in [-0.3, -0.25) is 4.79 Å². The van der Waals surface area contributed by atoms with Crippen molar-refractivity contribution in [1.29, 1.82) is 0 Å². The molecule has 0 saturated heterocycles. The van der Waals surface area contributed by atoms with E-state index in [-0.39, 0.29) is 0 Å². The van der Waals surface area contributed by atoms with Crippen molar-refractivity contribution < 1.29 is 4.79 Å². The van der Waals surface area contributed by atoms with Gasteiger partial charge in [0.25, 0.3) is 0 Å². The first-order chi connectivity index (χ1) is 9.11. The average molecular weight is 260 g/mol. The topological polar surface area (TPSA) is 23.6 Å². The standard InChI is InChI=1S/C16H24N2O/c1-4-18(16(19)14-6-5-7-14)12-13-8-10-15(11-9-13)17(2)3/h8-11,14H,4-7,12H2,1-3H3. The second kappa shape index (κ2) is 6.09. The third-order valence-corrected chi connectivity index (χ3v) is 3.97. The molecular weight excluding hydrogens is 236 g/mol. The number of hydrogen-bond acceptors (Lipinski definition) is 2. The van der Waals surface area contributed by atoms with Crippen molar-refractivity contribution in [2.24, 2.45) is 5.92 Å². The first-order valence-corrected chi connectivity index (χ1v) is 7.17. The first kappa shape index (κ1) is 13.9. The fourth-order valence-corrected chi connectivity index (χ4v) is 2.38. The summed E-state index contributed by atoms with van der Waals surface area (Å²) in [6, 6.07) is 8.45. The zero-order chi connectivity index (χ0) is 13.8. The van der Waals surface area contributed by atoms with E-state index in [4.69, 9.17) is 0 Å². The Morgan fingerprint density at radius 2 is 1.84 bits per heavy atom. The molecule has 1 saturated carbocycles. The Hall–Kier alpha value is -1.51. The minimum absolute atomic E-state index is 0.293. The summed E-state index contributed by atoms with van der Waals surface area (Å²) < 4.78 is 0. The molecular formula is C16H24N2O. The van der Waals surface area contributed by atoms with Gasteiger partial charge in [0, 0.05) is 38.8 Å². The van der Waals surface area contributed by atoms with E-state index in [1.807, 2.05) is 19.0 Å². The second-order valence-electron chi connectivity index (χ2n) is 5.54. The number of rotatable bonds is 5. The molecule has 0 N–H and O–H groups in total. The highest BCUT2D eigenvalue weighted by Gasteiger charge is 2.28. The lowest BCUT2D eigenvalue weighted by molar-refractivity contribution is -0.138. The lowest BCUT2D eigenvalue weighted by atomic mass is 9.84. The molecule has 0 aliphatic heterocycles. The van der Waals surface area contributed by atoms with Crippen molar-refractivity contribution >= 4 is 11.6 Å². The van der Waals surface area contributed by atoms with Crippen molar-refractivity contribution in [2.75, 3.05) is 25.5 Å². The van der Waals surface area contributed by atoms with Crippen LogP contribution < -0.4 is 4.90 Å². The van der Waals surface area contributed by atoms with E-state index in [1.165, 1.54) is 17.7 Å². The Balaban J connectivity index is 1.99. The summed E-state index contributed by atoms with van der Waals surface area (Å²) in [5.74, 6) is 0.631. The van der Waals surface area contributed by atoms with Gasteiger partial charge in [0.2, 0.25) is 5.91 Å². The molecule has 1 aromatic rings. The highest BCUT2D eigenvalue weighted by molar-refractivity contribution is 5.79. The lowest BCUT2D eigenvalue weighted by Crippen LogP contribution is -2.38. The maximum absolute atomic E-state index is 12.3. The molecule has 1 aromatic carbocycles. The second-order valence-corrected chi connectivity index (χ2v) is 5.54. The third-order valence-electron chi connectivity index (χ3n) is 3.97. The molecule has 0 radical (unpaired) electrons. The van der Waals surface area contributed by atoms with Crippen LogP contribution in [0.3, 0.4) is 0 Å². The highest BCUT2D eigenvalue weighted by atomic mass is 16.2. The number of benzene rings is 1. The number of hydrogen-bond donors (Lipinski definition) is 0. The highest BCUT2D eigenvalue weighted by Crippen LogP contribution is 2.28. The van der Waals surface area contributed by atoms with E-state index in [9.17, 15) is 4.79 Å². The molecule has 1 amide bonds. The Labute approximate surface area is 116 Å². The molecule has 0 spiro atoms. The van der Waals surface area contributed by atoms with Crippen molar-refractivity contribution in [3.8, 4) is 0 Å². The predicted molar refractivity (Wildman–Crippen MR) is 79.2 cm³/mol. The van der Waals surface area contributed by atoms with Crippen LogP contribution in [-0.2, 0) is 11.3 Å². The zero-order valence-electron chi connectivity index (χ0n) is 12.2. The van der Waals surface area contributed by atoms with Crippen LogP contribution in [0.25, 0.3) is 0 Å². The van der Waals surface area contributed by atoms with Crippen LogP contribution in [0.5, 0.6) is 0 Å². The van der Waals surface area contributed by atoms with E-state index >= 15 is 0 Å². The fraction of sp³-hybridized carbons (Fsp3) is 0.562. The quantitative estimate of drug-likeness (QED) is 0.812. The summed E-state index contributed by atoms with van der Waals surface area (Å²) in [5, 5.41) is 0. The van der Waals surface area contributed by atoms with E-state index in [0.29, 0.717) is 11.8 Å². The SMILES string of the molecule is CCN(Cc1ccc(N(C)C)cc1)C(=O)C1CCC1. The van der Waals surface area contributed by atoms with Crippen LogP contribution >= 0.6 is 0 Å². The average Bonchev–Trinajstić information content (AvgIpc) is 2.34. The monoisotopic (exact) mass is 260 g/mol. The molecule has 1 fully saturated rings. The summed E-state index contributed by atoms with van der Waals surface area (Å²) >= 11 is 0. The molecule has 19 heavy (non-hydrogen) atoms. The fourth-order valence-electron chi connectivity index (χ4n) is 2.38. The van der Waals surface area contributed by atoms with E-state index in [0.717, 1.165) is 25.9 Å². The Morgan fingerprint density at radius 3 is 2.26 bits per heavy atom. The largest absolute Gasteiger partial charge is 0.378 e. The summed E-state index contributed by atoms with van der Waals surface area (Å²) in [5.41, 5.74) is 2.40. The predicted octanol–water partition coefficient (Wildman–Crippen LogP) is 2.90. The molecule has 0 aromatic heterocycles. The number of nitrogens with zero attached hydrogens (tertiary/aromatic N) is 2. The number of carbonyl (C=O) groups excluding carboxylic acids is 1. The molecule has 1 aliphatic rings. The van der Waals surface area contributed by atoms with E-state index < -0.39 is 0 Å². The van der Waals surface area contributed by atoms with Crippen LogP contribution in [0.15, 0.2) is 24.3 Å². The van der Waals surface area contributed by atoms with Crippen LogP contribution in [0.2, 0.25) is 0 Å². The van der Waals surface area contributed by atoms with Crippen LogP contribution in [-0.4, -0.2) is 31.4 Å². The molecule has 3 nitrogen and oxygen atoms in total. The number of amides is 1. The van der Waals surface area contributed by atoms with Gasteiger partial charge >= 0.3 is 0 Å². The van der Waals surface area contributed by atoms with Gasteiger partial charge in [-0.15, -0.1) is 0 Å². The van der Waals surface area contributed by atoms with E-state index in [2.05, 4.69) is 36.1 Å². The molecule has 0 heterocycles. The Bertz CT molecular complexity index is 421. The van der Waals surface area contributed by atoms with Crippen LogP contribution in [0.4, 0.5) is 5.69 Å². The summed E-state index contributed by atoms with van der Waals surface area (Å²) in [7, 11) is 4.07. The summed E-state index contributed by atoms with van der Waals surface area (Å²) in [4.78, 5) is 16.3. The molecule has 1 aliphatic carbocycles. The van der Waals surface area contributed by atoms with Gasteiger partial charge in [-0.1, -0.05) is 18.6 Å². The van der Waals surface area contributed by atoms with Gasteiger partial charge < -0.3 is 9.80 Å². The van der Waals surface area contributed by atoms with Gasteiger partial charge in [0.05, 0.1) is 0 Å². The summed E-state index contributed by atoms with van der Waals surface area (Å²) in [6.45, 7) is 3.59. The van der Waals surface area contributed by atoms with Crippen LogP contribution in [0, 0.1) is 5.92 Å². The van der Waals surface area contributed by atoms with Crippen molar-refractivity contribution in [2.45, 2.75) is 32.7 Å². The van der Waals surface area contributed by atoms with Gasteiger partial charge in [0.1, 0.15) is 0 Å². The van der Waals surface area contributed by atoms with Gasteiger partial charge in [-0.05, 0) is 37.5 Å². The third kappa shape index (κ3) is 3.28. The molecule has 0 bridgehead atoms. The maximum Gasteiger partial charge on any atom is 0.225 e. The molecule has 0 unspecified atom stereocenters. The summed E-state index contributed by atoms with van der Waals surface area (Å²) in [6.07, 6.45) is 3.37. The molecule has 3 heteroatoms. The Kier molecular flexibility index (Phi) is 4.46. The van der Waals surface area contributed by atoms with Crippen molar-refractivity contribution in [1.82, 2.24) is 4.90 Å². The van der Waals surface area contributed by atoms with Crippen molar-refractivity contribution in [3.63, 3.8) is 0 Å². The van der Waals surface area contributed by atoms with E-state index in [1.54, 1.807) is 0 Å². The molecule has 2 rings (SSSR count). The van der Waals surface area contributed by atoms with Gasteiger partial charge in [0.15, 0.2) is 0 Å². The minimum Gasteiger partial charge on any atom is -0.378 e. The number of carbonyl (C=O) groups is 1. The molecule has 104 valence electrons. The lowest BCUT2D eigenvalue weighted by Gasteiger charge is -2.31. The van der Waals surface area contributed by atoms with Gasteiger partial charge in [-0.25, -0.2) is 0 Å². The van der Waals surface area contributed by atoms with Gasteiger partial charge in [-0.2, -0.15) is 0 Å². The Morgan fingerprint density at radius 1 is 1.21 bits per heavy atom. The molecule has 0 atom stereocenters. The maximum atomic E-state index is 12.3. The zero-order valence-corrected chi connectivity index (χ0v) is 12.2. The van der Waals surface area contributed by atoms with Crippen LogP contribution in [0.1, 0.15) is 31.7 Å². The smallest absolute Gasteiger partial charge is 0.225 e.